The van der Waals surface area contributed by atoms with E-state index in [9.17, 15) is 4.79 Å². The topological polar surface area (TPSA) is 55.1 Å². The number of carbonyl (C=O) groups is 1. The van der Waals surface area contributed by atoms with E-state index in [4.69, 9.17) is 5.73 Å². The second-order valence-electron chi connectivity index (χ2n) is 1.49. The molecule has 0 saturated heterocycles. The van der Waals surface area contributed by atoms with E-state index in [2.05, 4.69) is 5.32 Å². The molecular weight excluding hydrogens is 140 g/mol. The summed E-state index contributed by atoms with van der Waals surface area (Å²) < 4.78 is 0. The fraction of sp³-hybridized carbons (Fsp3) is 0.800. The van der Waals surface area contributed by atoms with Gasteiger partial charge in [0.15, 0.2) is 0 Å². The second-order valence-corrected chi connectivity index (χ2v) is 1.49. The summed E-state index contributed by atoms with van der Waals surface area (Å²) >= 11 is 0. The van der Waals surface area contributed by atoms with E-state index in [0.29, 0.717) is 19.5 Å². The van der Waals surface area contributed by atoms with E-state index >= 15 is 0 Å². The first kappa shape index (κ1) is 11.5. The standard InChI is InChI=1S/C5H12N2O.ClH/c1-2-7-5(8)3-4-6;/h2-4,6H2,1H3,(H,7,8);1H. The summed E-state index contributed by atoms with van der Waals surface area (Å²) in [5, 5.41) is 2.63. The van der Waals surface area contributed by atoms with Crippen LogP contribution in [0.3, 0.4) is 0 Å². The van der Waals surface area contributed by atoms with Crippen LogP contribution in [0.4, 0.5) is 0 Å². The highest BCUT2D eigenvalue weighted by Gasteiger charge is 1.92. The Bertz CT molecular complexity index is 69.4. The highest BCUT2D eigenvalue weighted by atomic mass is 35.5. The number of hydrogen-bond acceptors (Lipinski definition) is 2. The van der Waals surface area contributed by atoms with Crippen LogP contribution in [0, 0.1) is 0 Å². The maximum atomic E-state index is 10.5. The van der Waals surface area contributed by atoms with Crippen molar-refractivity contribution in [2.24, 2.45) is 5.73 Å². The first-order valence-corrected chi connectivity index (χ1v) is 2.78. The molecule has 4 heteroatoms. The highest BCUT2D eigenvalue weighted by Crippen LogP contribution is 1.71. The van der Waals surface area contributed by atoms with Crippen LogP contribution in [0.1, 0.15) is 13.3 Å². The van der Waals surface area contributed by atoms with Crippen LogP contribution in [0.15, 0.2) is 0 Å². The third-order valence-corrected chi connectivity index (χ3v) is 0.745. The molecule has 0 fully saturated rings. The summed E-state index contributed by atoms with van der Waals surface area (Å²) in [6.07, 6.45) is 0.438. The largest absolute Gasteiger partial charge is 0.356 e. The number of nitrogens with two attached hydrogens (primary N) is 1. The molecule has 0 aromatic rings. The summed E-state index contributed by atoms with van der Waals surface area (Å²) in [6, 6.07) is 0. The van der Waals surface area contributed by atoms with Crippen LogP contribution in [0.25, 0.3) is 0 Å². The smallest absolute Gasteiger partial charge is 0.221 e. The van der Waals surface area contributed by atoms with Gasteiger partial charge in [-0.2, -0.15) is 0 Å². The van der Waals surface area contributed by atoms with Gasteiger partial charge in [-0.1, -0.05) is 0 Å². The average molecular weight is 153 g/mol. The van der Waals surface area contributed by atoms with Gasteiger partial charge in [-0.05, 0) is 6.92 Å². The molecule has 3 N–H and O–H groups in total. The molecule has 0 aromatic heterocycles. The van der Waals surface area contributed by atoms with Crippen molar-refractivity contribution in [3.05, 3.63) is 0 Å². The zero-order valence-corrected chi connectivity index (χ0v) is 6.33. The Labute approximate surface area is 61.4 Å². The molecule has 56 valence electrons. The van der Waals surface area contributed by atoms with Gasteiger partial charge in [0, 0.05) is 19.5 Å². The molecule has 0 rings (SSSR count). The normalized spacial score (nSPS) is 7.78. The Kier molecular flexibility index (Phi) is 9.87. The monoisotopic (exact) mass is 152 g/mol. The van der Waals surface area contributed by atoms with Crippen LogP contribution < -0.4 is 11.1 Å². The van der Waals surface area contributed by atoms with Crippen LogP contribution in [-0.2, 0) is 4.79 Å². The molecule has 0 atom stereocenters. The van der Waals surface area contributed by atoms with Gasteiger partial charge in [-0.25, -0.2) is 0 Å². The molecule has 0 aliphatic carbocycles. The fourth-order valence-corrected chi connectivity index (χ4v) is 0.417. The third-order valence-electron chi connectivity index (χ3n) is 0.745. The molecule has 1 amide bonds. The van der Waals surface area contributed by atoms with Crippen LogP contribution >= 0.6 is 12.4 Å². The van der Waals surface area contributed by atoms with Crippen molar-refractivity contribution in [2.75, 3.05) is 13.1 Å². The van der Waals surface area contributed by atoms with Crippen molar-refractivity contribution in [2.45, 2.75) is 13.3 Å². The highest BCUT2D eigenvalue weighted by molar-refractivity contribution is 5.85. The van der Waals surface area contributed by atoms with Crippen LogP contribution in [0.5, 0.6) is 0 Å². The molecule has 3 nitrogen and oxygen atoms in total. The number of amides is 1. The van der Waals surface area contributed by atoms with Gasteiger partial charge in [0.2, 0.25) is 5.91 Å². The predicted octanol–water partition coefficient (Wildman–Crippen LogP) is -0.107. The van der Waals surface area contributed by atoms with E-state index in [1.807, 2.05) is 6.92 Å². The van der Waals surface area contributed by atoms with E-state index < -0.39 is 0 Å². The van der Waals surface area contributed by atoms with E-state index in [-0.39, 0.29) is 18.3 Å². The maximum absolute atomic E-state index is 10.5. The predicted molar refractivity (Wildman–Crippen MR) is 39.6 cm³/mol. The fourth-order valence-electron chi connectivity index (χ4n) is 0.417. The molecule has 0 aliphatic rings. The van der Waals surface area contributed by atoms with Crippen molar-refractivity contribution in [3.63, 3.8) is 0 Å². The molecule has 0 radical (unpaired) electrons. The lowest BCUT2D eigenvalue weighted by atomic mass is 10.4. The molecule has 0 aliphatic heterocycles. The molecular formula is C5H13ClN2O. The molecule has 0 aromatic carbocycles. The van der Waals surface area contributed by atoms with Crippen molar-refractivity contribution < 1.29 is 4.79 Å². The van der Waals surface area contributed by atoms with E-state index in [1.165, 1.54) is 0 Å². The van der Waals surface area contributed by atoms with Crippen LogP contribution in [0.2, 0.25) is 0 Å². The Balaban J connectivity index is 0. The van der Waals surface area contributed by atoms with Gasteiger partial charge < -0.3 is 11.1 Å². The number of hydrogen-bond donors (Lipinski definition) is 2. The first-order valence-electron chi connectivity index (χ1n) is 2.78. The SMILES string of the molecule is CCNC(=O)CCN.Cl. The van der Waals surface area contributed by atoms with Crippen LogP contribution in [-0.4, -0.2) is 19.0 Å². The lowest BCUT2D eigenvalue weighted by molar-refractivity contribution is -0.120. The van der Waals surface area contributed by atoms with Gasteiger partial charge in [-0.3, -0.25) is 4.79 Å². The minimum absolute atomic E-state index is 0. The first-order chi connectivity index (χ1) is 3.81. The van der Waals surface area contributed by atoms with Gasteiger partial charge in [0.05, 0.1) is 0 Å². The van der Waals surface area contributed by atoms with Gasteiger partial charge in [-0.15, -0.1) is 12.4 Å². The molecule has 9 heavy (non-hydrogen) atoms. The van der Waals surface area contributed by atoms with Crippen molar-refractivity contribution in [3.8, 4) is 0 Å². The zero-order chi connectivity index (χ0) is 6.41. The van der Waals surface area contributed by atoms with E-state index in [0.717, 1.165) is 0 Å². The lowest BCUT2D eigenvalue weighted by Gasteiger charge is -1.96. The van der Waals surface area contributed by atoms with Crippen molar-refractivity contribution in [1.82, 2.24) is 5.32 Å². The Morgan fingerprint density at radius 3 is 2.56 bits per heavy atom. The summed E-state index contributed by atoms with van der Waals surface area (Å²) in [7, 11) is 0. The Morgan fingerprint density at radius 1 is 1.67 bits per heavy atom. The third kappa shape index (κ3) is 7.72. The lowest BCUT2D eigenvalue weighted by Crippen LogP contribution is -2.24. The van der Waals surface area contributed by atoms with Gasteiger partial charge in [0.1, 0.15) is 0 Å². The number of rotatable bonds is 3. The van der Waals surface area contributed by atoms with Crippen molar-refractivity contribution in [1.29, 1.82) is 0 Å². The minimum Gasteiger partial charge on any atom is -0.356 e. The molecule has 0 unspecified atom stereocenters. The summed E-state index contributed by atoms with van der Waals surface area (Å²) in [5.74, 6) is 0.0370. The number of carbonyl (C=O) groups excluding carboxylic acids is 1. The number of halogens is 1. The molecule has 0 spiro atoms. The minimum atomic E-state index is 0. The molecule has 0 bridgehead atoms. The van der Waals surface area contributed by atoms with E-state index in [1.54, 1.807) is 0 Å². The summed E-state index contributed by atoms with van der Waals surface area (Å²) in [5.41, 5.74) is 5.10. The van der Waals surface area contributed by atoms with Crippen molar-refractivity contribution >= 4 is 18.3 Å². The summed E-state index contributed by atoms with van der Waals surface area (Å²) in [6.45, 7) is 3.01. The molecule has 0 heterocycles. The number of nitrogens with one attached hydrogen (secondary N) is 1. The quantitative estimate of drug-likeness (QED) is 0.593. The second kappa shape index (κ2) is 7.72. The maximum Gasteiger partial charge on any atom is 0.221 e. The summed E-state index contributed by atoms with van der Waals surface area (Å²) in [4.78, 5) is 10.5. The molecule has 0 saturated carbocycles. The zero-order valence-electron chi connectivity index (χ0n) is 5.52. The van der Waals surface area contributed by atoms with Gasteiger partial charge >= 0.3 is 0 Å². The Hall–Kier alpha value is -0.280. The Morgan fingerprint density at radius 2 is 2.22 bits per heavy atom. The average Bonchev–Trinajstić information content (AvgIpc) is 1.68. The van der Waals surface area contributed by atoms with Gasteiger partial charge in [0.25, 0.3) is 0 Å².